The van der Waals surface area contributed by atoms with Crippen LogP contribution >= 0.6 is 0 Å². The van der Waals surface area contributed by atoms with E-state index in [9.17, 15) is 10.0 Å². The lowest BCUT2D eigenvalue weighted by atomic mass is 9.86. The van der Waals surface area contributed by atoms with Gasteiger partial charge >= 0.3 is 0 Å². The van der Waals surface area contributed by atoms with Crippen LogP contribution in [0.15, 0.2) is 97.1 Å². The summed E-state index contributed by atoms with van der Waals surface area (Å²) in [7, 11) is 1.48. The van der Waals surface area contributed by atoms with E-state index in [1.165, 1.54) is 7.05 Å². The van der Waals surface area contributed by atoms with Crippen LogP contribution in [0.5, 0.6) is 0 Å². The second kappa shape index (κ2) is 9.67. The topological polar surface area (TPSA) is 43.4 Å². The molecule has 3 heteroatoms. The third-order valence-corrected chi connectivity index (χ3v) is 4.73. The molecule has 0 aliphatic rings. The van der Waals surface area contributed by atoms with E-state index in [1.807, 2.05) is 97.1 Å². The van der Waals surface area contributed by atoms with Crippen LogP contribution in [0.3, 0.4) is 0 Å². The van der Waals surface area contributed by atoms with E-state index in [2.05, 4.69) is 0 Å². The monoisotopic (exact) mass is 370 g/mol. The van der Waals surface area contributed by atoms with Crippen LogP contribution in [0, 0.1) is 5.21 Å². The second-order valence-electron chi connectivity index (χ2n) is 6.76. The van der Waals surface area contributed by atoms with E-state index in [1.54, 1.807) is 0 Å². The van der Waals surface area contributed by atoms with Gasteiger partial charge in [-0.05, 0) is 42.3 Å². The fraction of sp³-hybridized carbons (Fsp3) is 0.160. The molecular formula is C25H24NO2-. The molecule has 3 nitrogen and oxygen atoms in total. The number of carbonyl (C=O) groups is 1. The number of hydrogen-bond donors (Lipinski definition) is 0. The molecule has 0 spiro atoms. The highest BCUT2D eigenvalue weighted by Crippen LogP contribution is 2.26. The zero-order valence-electron chi connectivity index (χ0n) is 16.0. The van der Waals surface area contributed by atoms with Gasteiger partial charge in [-0.3, -0.25) is 4.79 Å². The minimum Gasteiger partial charge on any atom is -0.758 e. The Labute approximate surface area is 166 Å². The molecule has 3 rings (SSSR count). The van der Waals surface area contributed by atoms with Crippen LogP contribution in [0.1, 0.15) is 29.0 Å². The molecule has 0 N–H and O–H groups in total. The minimum atomic E-state index is -0.251. The number of carbonyl (C=O) groups excluding carboxylic acids is 1. The number of Topliss-reactive ketones (excluding diaryl/α,β-unsaturated/α-hetero) is 1. The molecule has 3 aromatic carbocycles. The normalized spacial score (nSPS) is 11.1. The van der Waals surface area contributed by atoms with Crippen LogP contribution in [0.25, 0.3) is 0 Å². The number of hydrogen-bond acceptors (Lipinski definition) is 3. The molecule has 0 saturated heterocycles. The lowest BCUT2D eigenvalue weighted by Gasteiger charge is -2.24. The molecule has 0 aliphatic carbocycles. The van der Waals surface area contributed by atoms with Gasteiger partial charge in [0.15, 0.2) is 0 Å². The maximum Gasteiger partial charge on any atom is 0.148 e. The zero-order chi connectivity index (χ0) is 19.8. The van der Waals surface area contributed by atoms with Crippen LogP contribution in [-0.2, 0) is 11.2 Å². The molecule has 0 amide bonds. The van der Waals surface area contributed by atoms with Gasteiger partial charge in [0.25, 0.3) is 0 Å². The van der Waals surface area contributed by atoms with Crippen LogP contribution < -0.4 is 5.06 Å². The lowest BCUT2D eigenvalue weighted by molar-refractivity contribution is -0.118. The Hall–Kier alpha value is -3.17. The van der Waals surface area contributed by atoms with E-state index in [0.29, 0.717) is 12.1 Å². The summed E-state index contributed by atoms with van der Waals surface area (Å²) in [5, 5.41) is 12.1. The summed E-state index contributed by atoms with van der Waals surface area (Å²) in [6.07, 6.45) is 5.07. The molecule has 142 valence electrons. The second-order valence-corrected chi connectivity index (χ2v) is 6.76. The smallest absolute Gasteiger partial charge is 0.148 e. The SMILES string of the molecule is CN([O-])c1ccc(C/C=C/CC(=O)C(c2ccccc2)c2ccccc2)cc1. The average Bonchev–Trinajstić information content (AvgIpc) is 2.73. The summed E-state index contributed by atoms with van der Waals surface area (Å²) in [5.41, 5.74) is 3.78. The third-order valence-electron chi connectivity index (χ3n) is 4.73. The number of benzene rings is 3. The van der Waals surface area contributed by atoms with E-state index in [-0.39, 0.29) is 11.7 Å². The van der Waals surface area contributed by atoms with E-state index >= 15 is 0 Å². The van der Waals surface area contributed by atoms with E-state index in [0.717, 1.165) is 28.2 Å². The molecule has 3 aromatic rings. The van der Waals surface area contributed by atoms with Gasteiger partial charge in [-0.25, -0.2) is 0 Å². The van der Waals surface area contributed by atoms with Gasteiger partial charge in [-0.15, -0.1) is 0 Å². The molecule has 0 heterocycles. The Morgan fingerprint density at radius 1 is 0.857 bits per heavy atom. The van der Waals surface area contributed by atoms with Crippen molar-refractivity contribution in [2.45, 2.75) is 18.8 Å². The number of hydroxylamine groups is 1. The first-order valence-corrected chi connectivity index (χ1v) is 9.42. The molecule has 0 atom stereocenters. The molecular weight excluding hydrogens is 346 g/mol. The van der Waals surface area contributed by atoms with Crippen molar-refractivity contribution in [3.05, 3.63) is 119 Å². The molecule has 0 aliphatic heterocycles. The first-order valence-electron chi connectivity index (χ1n) is 9.42. The largest absolute Gasteiger partial charge is 0.758 e. The quantitative estimate of drug-likeness (QED) is 0.388. The van der Waals surface area contributed by atoms with E-state index < -0.39 is 0 Å². The fourth-order valence-corrected chi connectivity index (χ4v) is 3.23. The summed E-state index contributed by atoms with van der Waals surface area (Å²) in [5.74, 6) is -0.0732. The Bertz CT molecular complexity index is 861. The average molecular weight is 370 g/mol. The van der Waals surface area contributed by atoms with Gasteiger partial charge < -0.3 is 10.3 Å². The van der Waals surface area contributed by atoms with Crippen LogP contribution in [0.2, 0.25) is 0 Å². The first-order chi connectivity index (χ1) is 13.6. The zero-order valence-corrected chi connectivity index (χ0v) is 16.0. The van der Waals surface area contributed by atoms with Crippen molar-refractivity contribution in [1.29, 1.82) is 0 Å². The maximum absolute atomic E-state index is 13.0. The summed E-state index contributed by atoms with van der Waals surface area (Å²) >= 11 is 0. The Kier molecular flexibility index (Phi) is 6.77. The van der Waals surface area contributed by atoms with Crippen LogP contribution in [-0.4, -0.2) is 12.8 Å². The molecule has 28 heavy (non-hydrogen) atoms. The number of anilines is 1. The van der Waals surface area contributed by atoms with Crippen molar-refractivity contribution in [3.8, 4) is 0 Å². The van der Waals surface area contributed by atoms with Crippen LogP contribution in [0.4, 0.5) is 5.69 Å². The number of allylic oxidation sites excluding steroid dienone is 2. The maximum atomic E-state index is 13.0. The fourth-order valence-electron chi connectivity index (χ4n) is 3.23. The first kappa shape index (κ1) is 19.6. The third kappa shape index (κ3) is 5.18. The molecule has 0 aromatic heterocycles. The molecule has 0 radical (unpaired) electrons. The van der Waals surface area contributed by atoms with Crippen molar-refractivity contribution in [3.63, 3.8) is 0 Å². The summed E-state index contributed by atoms with van der Waals surface area (Å²) in [4.78, 5) is 13.0. The van der Waals surface area contributed by atoms with Gasteiger partial charge in [0, 0.05) is 12.1 Å². The van der Waals surface area contributed by atoms with Gasteiger partial charge in [0.05, 0.1) is 5.92 Å². The van der Waals surface area contributed by atoms with Gasteiger partial charge in [0.1, 0.15) is 5.78 Å². The minimum absolute atomic E-state index is 0.178. The Morgan fingerprint density at radius 2 is 1.39 bits per heavy atom. The molecule has 0 saturated carbocycles. The molecule has 0 fully saturated rings. The predicted molar refractivity (Wildman–Crippen MR) is 115 cm³/mol. The molecule has 0 unspecified atom stereocenters. The number of rotatable bonds is 8. The Balaban J connectivity index is 1.66. The van der Waals surface area contributed by atoms with Crippen molar-refractivity contribution in [2.75, 3.05) is 12.1 Å². The summed E-state index contributed by atoms with van der Waals surface area (Å²) in [6.45, 7) is 0. The van der Waals surface area contributed by atoms with Crippen molar-refractivity contribution < 1.29 is 4.79 Å². The van der Waals surface area contributed by atoms with Crippen molar-refractivity contribution >= 4 is 11.5 Å². The summed E-state index contributed by atoms with van der Waals surface area (Å²) in [6, 6.07) is 27.3. The highest BCUT2D eigenvalue weighted by Gasteiger charge is 2.20. The van der Waals surface area contributed by atoms with Crippen molar-refractivity contribution in [2.24, 2.45) is 0 Å². The number of ketones is 1. The predicted octanol–water partition coefficient (Wildman–Crippen LogP) is 5.51. The standard InChI is InChI=1S/C25H24NO2/c1-26(28)23-18-16-20(17-19-23)10-8-9-15-24(27)25(21-11-4-2-5-12-21)22-13-6-3-7-14-22/h2-9,11-14,16-19,25H,10,15H2,1H3/q-1/b9-8+. The number of nitrogens with zero attached hydrogens (tertiary/aromatic N) is 1. The van der Waals surface area contributed by atoms with Crippen molar-refractivity contribution in [1.82, 2.24) is 0 Å². The van der Waals surface area contributed by atoms with E-state index in [4.69, 9.17) is 0 Å². The highest BCUT2D eigenvalue weighted by atomic mass is 16.5. The molecule has 0 bridgehead atoms. The van der Waals surface area contributed by atoms with Gasteiger partial charge in [-0.2, -0.15) is 0 Å². The highest BCUT2D eigenvalue weighted by molar-refractivity contribution is 5.90. The van der Waals surface area contributed by atoms with Gasteiger partial charge in [-0.1, -0.05) is 84.9 Å². The Morgan fingerprint density at radius 3 is 1.89 bits per heavy atom. The lowest BCUT2D eigenvalue weighted by Crippen LogP contribution is -2.13. The van der Waals surface area contributed by atoms with Gasteiger partial charge in [0.2, 0.25) is 0 Å². The summed E-state index contributed by atoms with van der Waals surface area (Å²) < 4.78 is 0.